The lowest BCUT2D eigenvalue weighted by Crippen LogP contribution is -2.32. The number of hydrogen-bond donors (Lipinski definition) is 2. The molecule has 0 aliphatic heterocycles. The normalized spacial score (nSPS) is 12.1. The Morgan fingerprint density at radius 2 is 1.97 bits per heavy atom. The summed E-state index contributed by atoms with van der Waals surface area (Å²) in [5.41, 5.74) is 3.70. The molecular formula is C28H34N4O4. The third kappa shape index (κ3) is 6.07. The molecule has 0 fully saturated rings. The summed E-state index contributed by atoms with van der Waals surface area (Å²) in [6.07, 6.45) is 5.18. The minimum absolute atomic E-state index is 0.0767. The van der Waals surface area contributed by atoms with Crippen molar-refractivity contribution in [3.63, 3.8) is 0 Å². The molecule has 0 aliphatic rings. The lowest BCUT2D eigenvalue weighted by Gasteiger charge is -2.22. The van der Waals surface area contributed by atoms with E-state index in [9.17, 15) is 4.79 Å². The van der Waals surface area contributed by atoms with Gasteiger partial charge >= 0.3 is 0 Å². The van der Waals surface area contributed by atoms with E-state index in [0.29, 0.717) is 24.7 Å². The summed E-state index contributed by atoms with van der Waals surface area (Å²) in [6, 6.07) is 14.2. The summed E-state index contributed by atoms with van der Waals surface area (Å²) in [4.78, 5) is 22.5. The van der Waals surface area contributed by atoms with Gasteiger partial charge in [-0.05, 0) is 37.5 Å². The molecule has 2 N–H and O–H groups in total. The quantitative estimate of drug-likeness (QED) is 0.292. The van der Waals surface area contributed by atoms with E-state index in [1.807, 2.05) is 38.1 Å². The van der Waals surface area contributed by atoms with E-state index in [4.69, 9.17) is 13.9 Å². The first-order valence-electron chi connectivity index (χ1n) is 12.2. The van der Waals surface area contributed by atoms with E-state index < -0.39 is 0 Å². The van der Waals surface area contributed by atoms with E-state index in [1.54, 1.807) is 14.2 Å². The van der Waals surface area contributed by atoms with Gasteiger partial charge in [0.15, 0.2) is 5.69 Å². The van der Waals surface area contributed by atoms with Gasteiger partial charge in [0, 0.05) is 47.9 Å². The fourth-order valence-electron chi connectivity index (χ4n) is 4.13. The van der Waals surface area contributed by atoms with Crippen molar-refractivity contribution in [1.29, 1.82) is 0 Å². The van der Waals surface area contributed by atoms with Crippen LogP contribution in [0.5, 0.6) is 11.5 Å². The predicted molar refractivity (Wildman–Crippen MR) is 139 cm³/mol. The van der Waals surface area contributed by atoms with Crippen LogP contribution < -0.4 is 14.8 Å². The third-order valence-electron chi connectivity index (χ3n) is 6.39. The highest BCUT2D eigenvalue weighted by molar-refractivity contribution is 5.92. The summed E-state index contributed by atoms with van der Waals surface area (Å²) < 4.78 is 16.7. The second-order valence-corrected chi connectivity index (χ2v) is 8.91. The van der Waals surface area contributed by atoms with Crippen LogP contribution in [0.2, 0.25) is 0 Å². The van der Waals surface area contributed by atoms with Crippen molar-refractivity contribution in [3.8, 4) is 11.5 Å². The third-order valence-corrected chi connectivity index (χ3v) is 6.39. The molecule has 2 heterocycles. The van der Waals surface area contributed by atoms with Crippen molar-refractivity contribution in [2.75, 3.05) is 20.8 Å². The molecule has 0 spiro atoms. The molecule has 1 amide bonds. The number of fused-ring (bicyclic) bond motifs is 1. The summed E-state index contributed by atoms with van der Waals surface area (Å²) in [5.74, 6) is 1.77. The average molecular weight is 491 g/mol. The van der Waals surface area contributed by atoms with Gasteiger partial charge in [0.1, 0.15) is 17.8 Å². The van der Waals surface area contributed by atoms with Crippen LogP contribution in [0.15, 0.2) is 59.3 Å². The Labute approximate surface area is 211 Å². The lowest BCUT2D eigenvalue weighted by molar-refractivity contribution is 0.0934. The molecule has 4 aromatic rings. The number of carbonyl (C=O) groups excluding carboxylic acids is 1. The van der Waals surface area contributed by atoms with Crippen molar-refractivity contribution in [3.05, 3.63) is 77.6 Å². The van der Waals surface area contributed by atoms with Gasteiger partial charge in [-0.3, -0.25) is 9.69 Å². The Bertz CT molecular complexity index is 1300. The number of aromatic nitrogens is 2. The van der Waals surface area contributed by atoms with Gasteiger partial charge in [-0.25, -0.2) is 4.98 Å². The summed E-state index contributed by atoms with van der Waals surface area (Å²) in [6.45, 7) is 5.82. The molecular weight excluding hydrogens is 456 g/mol. The number of rotatable bonds is 12. The summed E-state index contributed by atoms with van der Waals surface area (Å²) in [7, 11) is 3.30. The van der Waals surface area contributed by atoms with Crippen LogP contribution in [0.1, 0.15) is 47.8 Å². The van der Waals surface area contributed by atoms with E-state index in [2.05, 4.69) is 44.6 Å². The van der Waals surface area contributed by atoms with Crippen molar-refractivity contribution < 1.29 is 18.7 Å². The number of amides is 1. The van der Waals surface area contributed by atoms with Crippen LogP contribution in [-0.2, 0) is 19.5 Å². The van der Waals surface area contributed by atoms with Crippen molar-refractivity contribution in [2.24, 2.45) is 0 Å². The highest BCUT2D eigenvalue weighted by Gasteiger charge is 2.18. The Morgan fingerprint density at radius 1 is 1.14 bits per heavy atom. The average Bonchev–Trinajstić information content (AvgIpc) is 3.54. The number of benzene rings is 2. The number of methoxy groups -OCH3 is 2. The smallest absolute Gasteiger partial charge is 0.273 e. The van der Waals surface area contributed by atoms with Gasteiger partial charge in [-0.2, -0.15) is 0 Å². The van der Waals surface area contributed by atoms with Crippen LogP contribution >= 0.6 is 0 Å². The zero-order valence-electron chi connectivity index (χ0n) is 21.3. The molecule has 0 saturated carbocycles. The molecule has 0 radical (unpaired) electrons. The first-order chi connectivity index (χ1) is 17.5. The van der Waals surface area contributed by atoms with Gasteiger partial charge in [-0.15, -0.1) is 0 Å². The highest BCUT2D eigenvalue weighted by atomic mass is 16.5. The van der Waals surface area contributed by atoms with E-state index in [-0.39, 0.29) is 11.9 Å². The Hall–Kier alpha value is -3.78. The zero-order chi connectivity index (χ0) is 25.5. The molecule has 0 bridgehead atoms. The number of nitrogens with zero attached hydrogens (tertiary/aromatic N) is 2. The molecule has 0 aliphatic carbocycles. The van der Waals surface area contributed by atoms with Crippen molar-refractivity contribution >= 4 is 16.8 Å². The Kier molecular flexibility index (Phi) is 8.28. The molecule has 8 nitrogen and oxygen atoms in total. The number of nitrogens with one attached hydrogen (secondary N) is 2. The molecule has 36 heavy (non-hydrogen) atoms. The largest absolute Gasteiger partial charge is 0.497 e. The molecule has 2 aromatic carbocycles. The highest BCUT2D eigenvalue weighted by Crippen LogP contribution is 2.27. The van der Waals surface area contributed by atoms with Gasteiger partial charge in [0.2, 0.25) is 5.89 Å². The van der Waals surface area contributed by atoms with E-state index in [0.717, 1.165) is 42.0 Å². The standard InChI is InChI=1S/C28H34N4O4/c1-5-19(2)30-28(33)25-18-36-27(31-25)17-32(16-21-10-11-22(34-3)14-26(21)35-4)13-12-20-15-29-24-9-7-6-8-23(20)24/h6-11,14-15,18-19,29H,5,12-13,16-17H2,1-4H3,(H,30,33)/t19-/m1/s1. The zero-order valence-corrected chi connectivity index (χ0v) is 21.3. The minimum atomic E-state index is -0.221. The molecule has 0 unspecified atom stereocenters. The molecule has 2 aromatic heterocycles. The maximum Gasteiger partial charge on any atom is 0.273 e. The Morgan fingerprint density at radius 3 is 2.75 bits per heavy atom. The monoisotopic (exact) mass is 490 g/mol. The van der Waals surface area contributed by atoms with Gasteiger partial charge in [-0.1, -0.05) is 31.2 Å². The molecule has 0 saturated heterocycles. The van der Waals surface area contributed by atoms with Crippen molar-refractivity contribution in [1.82, 2.24) is 20.2 Å². The number of ether oxygens (including phenoxy) is 2. The first-order valence-corrected chi connectivity index (χ1v) is 12.2. The summed E-state index contributed by atoms with van der Waals surface area (Å²) >= 11 is 0. The number of hydrogen-bond acceptors (Lipinski definition) is 6. The number of carbonyl (C=O) groups is 1. The van der Waals surface area contributed by atoms with Gasteiger partial charge in [0.25, 0.3) is 5.91 Å². The maximum atomic E-state index is 12.5. The fourth-order valence-corrected chi connectivity index (χ4v) is 4.13. The van der Waals surface area contributed by atoms with Crippen LogP contribution in [0.25, 0.3) is 10.9 Å². The summed E-state index contributed by atoms with van der Waals surface area (Å²) in [5, 5.41) is 4.15. The SMILES string of the molecule is CC[C@@H](C)NC(=O)c1coc(CN(CCc2c[nH]c3ccccc23)Cc2ccc(OC)cc2OC)n1. The maximum absolute atomic E-state index is 12.5. The van der Waals surface area contributed by atoms with Crippen molar-refractivity contribution in [2.45, 2.75) is 45.8 Å². The molecule has 190 valence electrons. The van der Waals surface area contributed by atoms with Gasteiger partial charge in [0.05, 0.1) is 20.8 Å². The number of para-hydroxylation sites is 1. The predicted octanol–water partition coefficient (Wildman–Crippen LogP) is 4.95. The molecule has 4 rings (SSSR count). The number of H-pyrrole nitrogens is 1. The lowest BCUT2D eigenvalue weighted by atomic mass is 10.1. The van der Waals surface area contributed by atoms with Crippen LogP contribution in [0.3, 0.4) is 0 Å². The molecule has 8 heteroatoms. The topological polar surface area (TPSA) is 92.6 Å². The van der Waals surface area contributed by atoms with Gasteiger partial charge < -0.3 is 24.2 Å². The van der Waals surface area contributed by atoms with Crippen LogP contribution in [0, 0.1) is 0 Å². The van der Waals surface area contributed by atoms with E-state index >= 15 is 0 Å². The minimum Gasteiger partial charge on any atom is -0.497 e. The van der Waals surface area contributed by atoms with Crippen LogP contribution in [0.4, 0.5) is 0 Å². The second kappa shape index (κ2) is 11.8. The Balaban J connectivity index is 1.53. The fraction of sp³-hybridized carbons (Fsp3) is 0.357. The molecule has 1 atom stereocenters. The first kappa shape index (κ1) is 25.3. The van der Waals surface area contributed by atoms with E-state index in [1.165, 1.54) is 17.2 Å². The van der Waals surface area contributed by atoms with Crippen LogP contribution in [-0.4, -0.2) is 47.6 Å². The number of oxazole rings is 1. The second-order valence-electron chi connectivity index (χ2n) is 8.91. The number of aromatic amines is 1.